The first kappa shape index (κ1) is 20.3. The highest BCUT2D eigenvalue weighted by molar-refractivity contribution is 5.91. The number of amides is 1. The van der Waals surface area contributed by atoms with Crippen molar-refractivity contribution < 1.29 is 14.4 Å². The SMILES string of the molecule is CCN1CCCC(n2c(-c3ccc(F)c(C=CC(=O)NO)c3)nc3ccccc32)C1. The van der Waals surface area contributed by atoms with Crippen molar-refractivity contribution in [1.82, 2.24) is 19.9 Å². The normalized spacial score (nSPS) is 17.6. The van der Waals surface area contributed by atoms with Gasteiger partial charge in [-0.3, -0.25) is 10.0 Å². The molecule has 0 radical (unpaired) electrons. The number of carbonyl (C=O) groups is 1. The van der Waals surface area contributed by atoms with Crippen LogP contribution in [0.4, 0.5) is 4.39 Å². The zero-order chi connectivity index (χ0) is 21.1. The van der Waals surface area contributed by atoms with Gasteiger partial charge in [0.05, 0.1) is 11.0 Å². The number of aromatic nitrogens is 2. The molecule has 1 aliphatic rings. The Labute approximate surface area is 174 Å². The Bertz CT molecular complexity index is 1090. The second-order valence-electron chi connectivity index (χ2n) is 7.53. The van der Waals surface area contributed by atoms with Crippen LogP contribution < -0.4 is 5.48 Å². The standard InChI is InChI=1S/C23H25FN4O2/c1-2-27-13-5-6-18(15-27)28-21-8-4-3-7-20(21)25-23(28)17-9-11-19(24)16(14-17)10-12-22(29)26-30/h3-4,7-12,14,18,30H,2,5-6,13,15H2,1H3,(H,26,29). The molecular formula is C23H25FN4O2. The lowest BCUT2D eigenvalue weighted by molar-refractivity contribution is -0.124. The van der Waals surface area contributed by atoms with E-state index in [1.807, 2.05) is 18.2 Å². The average Bonchev–Trinajstić information content (AvgIpc) is 3.18. The monoisotopic (exact) mass is 408 g/mol. The van der Waals surface area contributed by atoms with Crippen LogP contribution >= 0.6 is 0 Å². The number of benzene rings is 2. The van der Waals surface area contributed by atoms with Gasteiger partial charge in [0.2, 0.25) is 0 Å². The number of para-hydroxylation sites is 2. The van der Waals surface area contributed by atoms with Crippen LogP contribution in [0.2, 0.25) is 0 Å². The molecule has 1 fully saturated rings. The minimum absolute atomic E-state index is 0.258. The number of likely N-dealkylation sites (N-methyl/N-ethyl adjacent to an activating group) is 1. The van der Waals surface area contributed by atoms with Gasteiger partial charge in [-0.05, 0) is 62.3 Å². The van der Waals surface area contributed by atoms with Crippen molar-refractivity contribution in [3.05, 3.63) is 59.9 Å². The number of piperidine rings is 1. The Balaban J connectivity index is 1.81. The van der Waals surface area contributed by atoms with Gasteiger partial charge in [-0.25, -0.2) is 14.9 Å². The predicted molar refractivity (Wildman–Crippen MR) is 114 cm³/mol. The van der Waals surface area contributed by atoms with E-state index in [4.69, 9.17) is 10.2 Å². The molecule has 0 aliphatic carbocycles. The number of rotatable bonds is 5. The lowest BCUT2D eigenvalue weighted by Gasteiger charge is -2.33. The van der Waals surface area contributed by atoms with Crippen molar-refractivity contribution >= 4 is 23.0 Å². The number of likely N-dealkylation sites (tertiary alicyclic amines) is 1. The molecule has 0 spiro atoms. The maximum atomic E-state index is 14.3. The van der Waals surface area contributed by atoms with E-state index in [1.54, 1.807) is 12.1 Å². The van der Waals surface area contributed by atoms with E-state index >= 15 is 0 Å². The number of imidazole rings is 1. The summed E-state index contributed by atoms with van der Waals surface area (Å²) in [5.74, 6) is -0.368. The van der Waals surface area contributed by atoms with Crippen LogP contribution in [0.15, 0.2) is 48.5 Å². The van der Waals surface area contributed by atoms with E-state index in [1.165, 1.54) is 17.6 Å². The number of hydrogen-bond donors (Lipinski definition) is 2. The third kappa shape index (κ3) is 3.99. The Kier molecular flexibility index (Phi) is 5.92. The van der Waals surface area contributed by atoms with Crippen molar-refractivity contribution in [3.8, 4) is 11.4 Å². The number of hydroxylamine groups is 1. The molecule has 1 saturated heterocycles. The second kappa shape index (κ2) is 8.77. The minimum Gasteiger partial charge on any atom is -0.320 e. The molecule has 1 aliphatic heterocycles. The third-order valence-electron chi connectivity index (χ3n) is 5.67. The highest BCUT2D eigenvalue weighted by Gasteiger charge is 2.25. The number of hydrogen-bond acceptors (Lipinski definition) is 4. The summed E-state index contributed by atoms with van der Waals surface area (Å²) < 4.78 is 16.6. The summed E-state index contributed by atoms with van der Waals surface area (Å²) in [6, 6.07) is 13.1. The van der Waals surface area contributed by atoms with Crippen LogP contribution in [0.25, 0.3) is 28.5 Å². The Morgan fingerprint density at radius 2 is 2.17 bits per heavy atom. The first-order valence-electron chi connectivity index (χ1n) is 10.2. The summed E-state index contributed by atoms with van der Waals surface area (Å²) in [4.78, 5) is 18.6. The van der Waals surface area contributed by atoms with Crippen molar-refractivity contribution in [2.45, 2.75) is 25.8 Å². The molecule has 4 rings (SSSR count). The van der Waals surface area contributed by atoms with Gasteiger partial charge >= 0.3 is 0 Å². The first-order chi connectivity index (χ1) is 14.6. The third-order valence-corrected chi connectivity index (χ3v) is 5.67. The van der Waals surface area contributed by atoms with E-state index in [9.17, 15) is 9.18 Å². The molecule has 1 aromatic heterocycles. The van der Waals surface area contributed by atoms with Crippen LogP contribution in [-0.4, -0.2) is 45.2 Å². The van der Waals surface area contributed by atoms with Gasteiger partial charge < -0.3 is 9.47 Å². The summed E-state index contributed by atoms with van der Waals surface area (Å²) in [6.07, 6.45) is 4.62. The van der Waals surface area contributed by atoms with Crippen LogP contribution in [-0.2, 0) is 4.79 Å². The van der Waals surface area contributed by atoms with Gasteiger partial charge in [0.25, 0.3) is 5.91 Å². The van der Waals surface area contributed by atoms with E-state index in [0.29, 0.717) is 0 Å². The van der Waals surface area contributed by atoms with Crippen molar-refractivity contribution in [2.75, 3.05) is 19.6 Å². The summed E-state index contributed by atoms with van der Waals surface area (Å²) >= 11 is 0. The van der Waals surface area contributed by atoms with Crippen LogP contribution in [0.5, 0.6) is 0 Å². The fourth-order valence-electron chi connectivity index (χ4n) is 4.16. The molecule has 2 aromatic carbocycles. The van der Waals surface area contributed by atoms with Gasteiger partial charge in [-0.15, -0.1) is 0 Å². The van der Waals surface area contributed by atoms with Gasteiger partial charge in [-0.2, -0.15) is 0 Å². The van der Waals surface area contributed by atoms with Crippen molar-refractivity contribution in [1.29, 1.82) is 0 Å². The Morgan fingerprint density at radius 3 is 2.97 bits per heavy atom. The molecule has 3 aromatic rings. The minimum atomic E-state index is -0.714. The largest absolute Gasteiger partial charge is 0.320 e. The number of fused-ring (bicyclic) bond motifs is 1. The second-order valence-corrected chi connectivity index (χ2v) is 7.53. The summed E-state index contributed by atoms with van der Waals surface area (Å²) in [7, 11) is 0. The Hall–Kier alpha value is -3.03. The molecule has 2 heterocycles. The summed E-state index contributed by atoms with van der Waals surface area (Å²) in [6.45, 7) is 5.25. The maximum Gasteiger partial charge on any atom is 0.267 e. The summed E-state index contributed by atoms with van der Waals surface area (Å²) in [5, 5.41) is 8.66. The highest BCUT2D eigenvalue weighted by atomic mass is 19.1. The fraction of sp³-hybridized carbons (Fsp3) is 0.304. The molecule has 1 amide bonds. The maximum absolute atomic E-state index is 14.3. The lowest BCUT2D eigenvalue weighted by atomic mass is 10.0. The molecule has 30 heavy (non-hydrogen) atoms. The van der Waals surface area contributed by atoms with Gasteiger partial charge in [0.1, 0.15) is 11.6 Å². The average molecular weight is 408 g/mol. The highest BCUT2D eigenvalue weighted by Crippen LogP contribution is 2.33. The fourth-order valence-corrected chi connectivity index (χ4v) is 4.16. The van der Waals surface area contributed by atoms with E-state index in [-0.39, 0.29) is 11.6 Å². The molecule has 6 nitrogen and oxygen atoms in total. The van der Waals surface area contributed by atoms with Crippen molar-refractivity contribution in [2.24, 2.45) is 0 Å². The molecule has 0 saturated carbocycles. The zero-order valence-electron chi connectivity index (χ0n) is 16.9. The molecule has 156 valence electrons. The predicted octanol–water partition coefficient (Wildman–Crippen LogP) is 4.02. The Morgan fingerprint density at radius 1 is 1.33 bits per heavy atom. The molecule has 0 bridgehead atoms. The molecule has 7 heteroatoms. The van der Waals surface area contributed by atoms with Crippen LogP contribution in [0.3, 0.4) is 0 Å². The number of nitrogens with one attached hydrogen (secondary N) is 1. The number of halogens is 1. The van der Waals surface area contributed by atoms with E-state index in [2.05, 4.69) is 22.5 Å². The molecule has 1 atom stereocenters. The van der Waals surface area contributed by atoms with Gasteiger partial charge in [0.15, 0.2) is 0 Å². The topological polar surface area (TPSA) is 70.4 Å². The first-order valence-corrected chi connectivity index (χ1v) is 10.2. The van der Waals surface area contributed by atoms with E-state index < -0.39 is 11.7 Å². The number of carbonyl (C=O) groups excluding carboxylic acids is 1. The van der Waals surface area contributed by atoms with E-state index in [0.717, 1.165) is 61.0 Å². The van der Waals surface area contributed by atoms with Crippen LogP contribution in [0.1, 0.15) is 31.4 Å². The van der Waals surface area contributed by atoms with Gasteiger partial charge in [-0.1, -0.05) is 19.1 Å². The smallest absolute Gasteiger partial charge is 0.267 e. The quantitative estimate of drug-likeness (QED) is 0.380. The van der Waals surface area contributed by atoms with Gasteiger partial charge in [0, 0.05) is 29.8 Å². The van der Waals surface area contributed by atoms with Crippen LogP contribution in [0, 0.1) is 5.82 Å². The molecular weight excluding hydrogens is 383 g/mol. The number of nitrogens with zero attached hydrogens (tertiary/aromatic N) is 3. The zero-order valence-corrected chi connectivity index (χ0v) is 16.9. The molecule has 2 N–H and O–H groups in total. The molecule has 1 unspecified atom stereocenters. The summed E-state index contributed by atoms with van der Waals surface area (Å²) in [5.41, 5.74) is 4.52. The van der Waals surface area contributed by atoms with Crippen molar-refractivity contribution in [3.63, 3.8) is 0 Å². The lowest BCUT2D eigenvalue weighted by Crippen LogP contribution is -2.36.